The first-order valence-electron chi connectivity index (χ1n) is 19.9. The van der Waals surface area contributed by atoms with Crippen LogP contribution < -0.4 is 0 Å². The predicted molar refractivity (Wildman–Crippen MR) is 232 cm³/mol. The van der Waals surface area contributed by atoms with Gasteiger partial charge in [-0.05, 0) is 98.1 Å². The highest BCUT2D eigenvalue weighted by Crippen LogP contribution is 2.33. The molecule has 2 atom stereocenters. The summed E-state index contributed by atoms with van der Waals surface area (Å²) >= 11 is 0. The molecule has 316 valence electrons. The number of hydrogen-bond acceptors (Lipinski definition) is 8. The third kappa shape index (κ3) is 11.6. The number of nitro benzene ring substituents is 2. The number of rotatable bonds is 10. The summed E-state index contributed by atoms with van der Waals surface area (Å²) in [6.07, 6.45) is 7.21. The van der Waals surface area contributed by atoms with Crippen molar-refractivity contribution >= 4 is 48.0 Å². The molecular weight excluding hydrogens is 795 g/mol. The quantitative estimate of drug-likeness (QED) is 0.125. The third-order valence-corrected chi connectivity index (χ3v) is 11.7. The second-order valence-corrected chi connectivity index (χ2v) is 15.3. The highest BCUT2D eigenvalue weighted by atomic mass is 35.5. The first kappa shape index (κ1) is 46.8. The number of fused-ring (bicyclic) bond motifs is 2. The lowest BCUT2D eigenvalue weighted by Gasteiger charge is -2.39. The molecular formula is C44H54Cl2N6O7. The van der Waals surface area contributed by atoms with Gasteiger partial charge in [-0.2, -0.15) is 0 Å². The second kappa shape index (κ2) is 21.9. The molecule has 2 amide bonds. The molecule has 4 aliphatic heterocycles. The van der Waals surface area contributed by atoms with Crippen molar-refractivity contribution in [3.8, 4) is 0 Å². The monoisotopic (exact) mass is 848 g/mol. The molecule has 2 unspecified atom stereocenters. The number of likely N-dealkylation sites (tertiary alicyclic amines) is 2. The maximum Gasteiger partial charge on any atom is 0.269 e. The topological polar surface area (TPSA) is 165 Å². The van der Waals surface area contributed by atoms with Crippen molar-refractivity contribution in [2.75, 3.05) is 52.4 Å². The van der Waals surface area contributed by atoms with E-state index in [1.165, 1.54) is 72.2 Å². The molecule has 4 heterocycles. The van der Waals surface area contributed by atoms with Gasteiger partial charge >= 0.3 is 0 Å². The zero-order valence-electron chi connectivity index (χ0n) is 33.2. The lowest BCUT2D eigenvalue weighted by molar-refractivity contribution is -0.385. The van der Waals surface area contributed by atoms with E-state index in [4.69, 9.17) is 0 Å². The maximum absolute atomic E-state index is 13.2. The van der Waals surface area contributed by atoms with Crippen LogP contribution in [0.4, 0.5) is 11.4 Å². The minimum Gasteiger partial charge on any atom is -0.412 e. The van der Waals surface area contributed by atoms with Gasteiger partial charge in [-0.25, -0.2) is 0 Å². The molecule has 15 heteroatoms. The lowest BCUT2D eigenvalue weighted by atomic mass is 9.91. The Morgan fingerprint density at radius 3 is 1.20 bits per heavy atom. The number of carbonyl (C=O) groups excluding carboxylic acids is 2. The summed E-state index contributed by atoms with van der Waals surface area (Å²) in [5.41, 5.74) is 6.93. The SMILES string of the molecule is Cl.Cl.O.O=C(Cc1ccc([N+](=O)[O-])cc1)N1CCc2ccccc2C1CN1CCCC1.O=C(Cc1ccc([N+](=O)[O-])cc1)N1CCc2ccccc2C1CN1CCCC1. The molecule has 0 aliphatic carbocycles. The Kier molecular flexibility index (Phi) is 17.4. The first-order chi connectivity index (χ1) is 27.2. The minimum absolute atomic E-state index is 0. The molecule has 13 nitrogen and oxygen atoms in total. The highest BCUT2D eigenvalue weighted by molar-refractivity contribution is 5.85. The fourth-order valence-electron chi connectivity index (χ4n) is 8.74. The number of benzene rings is 4. The van der Waals surface area contributed by atoms with E-state index in [2.05, 4.69) is 58.3 Å². The van der Waals surface area contributed by atoms with Crippen molar-refractivity contribution in [3.05, 3.63) is 151 Å². The summed E-state index contributed by atoms with van der Waals surface area (Å²) < 4.78 is 0. The van der Waals surface area contributed by atoms with Crippen LogP contribution in [0.15, 0.2) is 97.1 Å². The molecule has 4 aliphatic rings. The normalized spacial score (nSPS) is 18.4. The van der Waals surface area contributed by atoms with Gasteiger partial charge in [-0.3, -0.25) is 29.8 Å². The number of hydrogen-bond donors (Lipinski definition) is 0. The van der Waals surface area contributed by atoms with Crippen LogP contribution in [0, 0.1) is 20.2 Å². The Morgan fingerprint density at radius 2 is 0.864 bits per heavy atom. The molecule has 0 bridgehead atoms. The number of nitro groups is 2. The van der Waals surface area contributed by atoms with Gasteiger partial charge in [0.05, 0.1) is 34.8 Å². The standard InChI is InChI=1S/2C22H25N3O3.2ClH.H2O/c2*26-22(15-17-7-9-19(10-8-17)25(27)28)24-14-11-18-5-1-2-6-20(18)21(24)16-23-12-3-4-13-23;;;/h2*1-2,5-10,21H,3-4,11-16H2;2*1H;1H2. The van der Waals surface area contributed by atoms with E-state index in [1.807, 2.05) is 9.80 Å². The van der Waals surface area contributed by atoms with Gasteiger partial charge in [0.1, 0.15) is 0 Å². The number of halogens is 2. The molecule has 4 aromatic carbocycles. The van der Waals surface area contributed by atoms with E-state index < -0.39 is 9.85 Å². The number of carbonyl (C=O) groups is 2. The molecule has 0 radical (unpaired) electrons. The highest BCUT2D eigenvalue weighted by Gasteiger charge is 2.34. The van der Waals surface area contributed by atoms with Crippen molar-refractivity contribution in [3.63, 3.8) is 0 Å². The maximum atomic E-state index is 13.2. The van der Waals surface area contributed by atoms with E-state index in [0.717, 1.165) is 76.3 Å². The summed E-state index contributed by atoms with van der Waals surface area (Å²) in [5.74, 6) is 0.181. The van der Waals surface area contributed by atoms with Crippen LogP contribution in [0.2, 0.25) is 0 Å². The van der Waals surface area contributed by atoms with Crippen LogP contribution in [0.3, 0.4) is 0 Å². The van der Waals surface area contributed by atoms with E-state index in [1.54, 1.807) is 24.3 Å². The van der Waals surface area contributed by atoms with Gasteiger partial charge in [0.2, 0.25) is 11.8 Å². The average Bonchev–Trinajstić information content (AvgIpc) is 3.94. The minimum atomic E-state index is -0.417. The number of non-ortho nitro benzene ring substituents is 2. The molecule has 0 spiro atoms. The van der Waals surface area contributed by atoms with Crippen LogP contribution in [0.1, 0.15) is 71.1 Å². The van der Waals surface area contributed by atoms with Crippen LogP contribution >= 0.6 is 24.8 Å². The Hall–Kier alpha value is -4.92. The summed E-state index contributed by atoms with van der Waals surface area (Å²) in [6.45, 7) is 7.60. The molecule has 59 heavy (non-hydrogen) atoms. The number of nitrogens with zero attached hydrogens (tertiary/aromatic N) is 6. The van der Waals surface area contributed by atoms with Crippen LogP contribution in [0.5, 0.6) is 0 Å². The van der Waals surface area contributed by atoms with Crippen LogP contribution in [-0.4, -0.2) is 99.1 Å². The van der Waals surface area contributed by atoms with Crippen molar-refractivity contribution in [1.29, 1.82) is 0 Å². The van der Waals surface area contributed by atoms with Gasteiger partial charge in [-0.1, -0.05) is 72.8 Å². The van der Waals surface area contributed by atoms with Crippen LogP contribution in [-0.2, 0) is 35.3 Å². The summed E-state index contributed by atoms with van der Waals surface area (Å²) in [5, 5.41) is 21.7. The Morgan fingerprint density at radius 1 is 0.525 bits per heavy atom. The fraction of sp³-hybridized carbons (Fsp3) is 0.409. The zero-order valence-corrected chi connectivity index (χ0v) is 34.8. The van der Waals surface area contributed by atoms with Gasteiger partial charge in [0.15, 0.2) is 0 Å². The average molecular weight is 850 g/mol. The van der Waals surface area contributed by atoms with Gasteiger partial charge < -0.3 is 25.1 Å². The Bertz CT molecular complexity index is 1880. The van der Waals surface area contributed by atoms with Crippen molar-refractivity contribution in [1.82, 2.24) is 19.6 Å². The van der Waals surface area contributed by atoms with Crippen LogP contribution in [0.25, 0.3) is 0 Å². The van der Waals surface area contributed by atoms with E-state index in [-0.39, 0.29) is 78.4 Å². The van der Waals surface area contributed by atoms with Gasteiger partial charge in [0, 0.05) is 50.4 Å². The van der Waals surface area contributed by atoms with E-state index in [0.29, 0.717) is 0 Å². The Balaban J connectivity index is 0.000000248. The smallest absolute Gasteiger partial charge is 0.269 e. The van der Waals surface area contributed by atoms with Gasteiger partial charge in [0.25, 0.3) is 11.4 Å². The Labute approximate surface area is 357 Å². The first-order valence-corrected chi connectivity index (χ1v) is 19.9. The molecule has 2 N–H and O–H groups in total. The molecule has 4 aromatic rings. The number of amides is 2. The molecule has 2 fully saturated rings. The summed E-state index contributed by atoms with van der Waals surface area (Å²) in [6, 6.07) is 29.7. The van der Waals surface area contributed by atoms with Crippen molar-refractivity contribution in [2.24, 2.45) is 0 Å². The lowest BCUT2D eigenvalue weighted by Crippen LogP contribution is -2.45. The summed E-state index contributed by atoms with van der Waals surface area (Å²) in [4.78, 5) is 56.1. The third-order valence-electron chi connectivity index (χ3n) is 11.7. The zero-order chi connectivity index (χ0) is 39.0. The summed E-state index contributed by atoms with van der Waals surface area (Å²) in [7, 11) is 0. The second-order valence-electron chi connectivity index (χ2n) is 15.3. The van der Waals surface area contributed by atoms with Crippen molar-refractivity contribution in [2.45, 2.75) is 63.5 Å². The molecule has 0 saturated carbocycles. The van der Waals surface area contributed by atoms with E-state index in [9.17, 15) is 29.8 Å². The fourth-order valence-corrected chi connectivity index (χ4v) is 8.74. The largest absolute Gasteiger partial charge is 0.412 e. The van der Waals surface area contributed by atoms with E-state index >= 15 is 0 Å². The predicted octanol–water partition coefficient (Wildman–Crippen LogP) is 6.74. The van der Waals surface area contributed by atoms with Gasteiger partial charge in [-0.15, -0.1) is 24.8 Å². The molecule has 2 saturated heterocycles. The van der Waals surface area contributed by atoms with Crippen molar-refractivity contribution < 1.29 is 24.9 Å². The molecule has 0 aromatic heterocycles. The molecule has 8 rings (SSSR count).